The Balaban J connectivity index is 1.34. The highest BCUT2D eigenvalue weighted by Gasteiger charge is 2.40. The Morgan fingerprint density at radius 2 is 2.22 bits per heavy atom. The molecule has 5 heteroatoms. The molecule has 0 aliphatic carbocycles. The van der Waals surface area contributed by atoms with E-state index in [4.69, 9.17) is 4.74 Å². The Morgan fingerprint density at radius 3 is 3.00 bits per heavy atom. The molecule has 2 aliphatic heterocycles. The molecule has 0 saturated carbocycles. The molecule has 2 aliphatic rings. The van der Waals surface area contributed by atoms with Crippen molar-refractivity contribution in [2.75, 3.05) is 24.7 Å². The van der Waals surface area contributed by atoms with Gasteiger partial charge >= 0.3 is 6.03 Å². The third-order valence-corrected chi connectivity index (χ3v) is 5.89. The van der Waals surface area contributed by atoms with Crippen LogP contribution in [0.5, 0.6) is 0 Å². The lowest BCUT2D eigenvalue weighted by Crippen LogP contribution is -2.51. The summed E-state index contributed by atoms with van der Waals surface area (Å²) in [6.45, 7) is 1.48. The summed E-state index contributed by atoms with van der Waals surface area (Å²) in [4.78, 5) is 12.1. The first-order valence-corrected chi connectivity index (χ1v) is 9.71. The molecule has 1 aromatic rings. The predicted octanol–water partition coefficient (Wildman–Crippen LogP) is 2.97. The summed E-state index contributed by atoms with van der Waals surface area (Å²) in [5.41, 5.74) is 1.34. The van der Waals surface area contributed by atoms with Gasteiger partial charge in [0, 0.05) is 24.9 Å². The van der Waals surface area contributed by atoms with Crippen LogP contribution >= 0.6 is 11.8 Å². The summed E-state index contributed by atoms with van der Waals surface area (Å²) in [7, 11) is 0. The Labute approximate surface area is 142 Å². The van der Waals surface area contributed by atoms with E-state index >= 15 is 0 Å². The fraction of sp³-hybridized carbons (Fsp3) is 0.611. The van der Waals surface area contributed by atoms with Crippen LogP contribution in [0.15, 0.2) is 30.3 Å². The minimum Gasteiger partial charge on any atom is -0.374 e. The summed E-state index contributed by atoms with van der Waals surface area (Å²) >= 11 is 1.96. The molecule has 2 N–H and O–H groups in total. The van der Waals surface area contributed by atoms with Crippen molar-refractivity contribution in [1.82, 2.24) is 10.6 Å². The lowest BCUT2D eigenvalue weighted by molar-refractivity contribution is -0.0684. The molecule has 2 heterocycles. The van der Waals surface area contributed by atoms with Gasteiger partial charge < -0.3 is 15.4 Å². The third kappa shape index (κ3) is 4.88. The summed E-state index contributed by atoms with van der Waals surface area (Å²) < 4.78 is 5.99. The van der Waals surface area contributed by atoms with Crippen molar-refractivity contribution in [3.63, 3.8) is 0 Å². The van der Waals surface area contributed by atoms with E-state index in [1.165, 1.54) is 11.3 Å². The van der Waals surface area contributed by atoms with E-state index in [1.807, 2.05) is 17.8 Å². The number of nitrogens with one attached hydrogen (secondary N) is 2. The Hall–Kier alpha value is -1.20. The maximum Gasteiger partial charge on any atom is 0.315 e. The molecular weight excluding hydrogens is 308 g/mol. The number of aryl methyl sites for hydroxylation is 1. The van der Waals surface area contributed by atoms with Crippen LogP contribution in [0.3, 0.4) is 0 Å². The van der Waals surface area contributed by atoms with Crippen LogP contribution in [-0.4, -0.2) is 42.3 Å². The van der Waals surface area contributed by atoms with Gasteiger partial charge in [-0.1, -0.05) is 30.3 Å². The molecule has 23 heavy (non-hydrogen) atoms. The predicted molar refractivity (Wildman–Crippen MR) is 94.9 cm³/mol. The Kier molecular flexibility index (Phi) is 5.84. The first kappa shape index (κ1) is 16.7. The molecule has 0 aromatic heterocycles. The molecule has 1 spiro atoms. The SMILES string of the molecule is O=C(NCCCc1ccccc1)N[C@H]1CCO[C@@]2(CCSC2)C1. The van der Waals surface area contributed by atoms with Crippen molar-refractivity contribution in [3.8, 4) is 0 Å². The second-order valence-electron chi connectivity index (χ2n) is 6.51. The van der Waals surface area contributed by atoms with Crippen LogP contribution in [-0.2, 0) is 11.2 Å². The molecule has 1 aromatic carbocycles. The van der Waals surface area contributed by atoms with E-state index in [1.54, 1.807) is 0 Å². The van der Waals surface area contributed by atoms with E-state index in [0.717, 1.165) is 44.5 Å². The van der Waals surface area contributed by atoms with Gasteiger partial charge in [0.2, 0.25) is 0 Å². The molecule has 0 radical (unpaired) electrons. The van der Waals surface area contributed by atoms with Gasteiger partial charge in [-0.2, -0.15) is 11.8 Å². The second kappa shape index (κ2) is 8.06. The van der Waals surface area contributed by atoms with Crippen LogP contribution < -0.4 is 10.6 Å². The quantitative estimate of drug-likeness (QED) is 0.814. The number of hydrogen-bond acceptors (Lipinski definition) is 3. The van der Waals surface area contributed by atoms with Crippen molar-refractivity contribution in [3.05, 3.63) is 35.9 Å². The van der Waals surface area contributed by atoms with Gasteiger partial charge in [-0.3, -0.25) is 0 Å². The summed E-state index contributed by atoms with van der Waals surface area (Å²) in [5, 5.41) is 6.11. The van der Waals surface area contributed by atoms with Gasteiger partial charge in [0.25, 0.3) is 0 Å². The number of amides is 2. The number of rotatable bonds is 5. The number of benzene rings is 1. The first-order chi connectivity index (χ1) is 11.3. The Morgan fingerprint density at radius 1 is 1.35 bits per heavy atom. The maximum atomic E-state index is 12.1. The minimum absolute atomic E-state index is 0.0220. The lowest BCUT2D eigenvalue weighted by atomic mass is 9.90. The zero-order valence-corrected chi connectivity index (χ0v) is 14.4. The molecule has 2 amide bonds. The number of hydrogen-bond donors (Lipinski definition) is 2. The average molecular weight is 334 g/mol. The zero-order valence-electron chi connectivity index (χ0n) is 13.6. The van der Waals surface area contributed by atoms with E-state index in [9.17, 15) is 4.79 Å². The minimum atomic E-state index is -0.0363. The van der Waals surface area contributed by atoms with Crippen LogP contribution in [0, 0.1) is 0 Å². The van der Waals surface area contributed by atoms with Gasteiger partial charge in [-0.05, 0) is 43.4 Å². The van der Waals surface area contributed by atoms with Gasteiger partial charge in [-0.25, -0.2) is 4.79 Å². The summed E-state index contributed by atoms with van der Waals surface area (Å²) in [6, 6.07) is 10.6. The fourth-order valence-corrected chi connectivity index (χ4v) is 4.77. The molecule has 2 saturated heterocycles. The average Bonchev–Trinajstić information content (AvgIpc) is 3.00. The number of ether oxygens (including phenoxy) is 1. The van der Waals surface area contributed by atoms with E-state index in [-0.39, 0.29) is 17.7 Å². The highest BCUT2D eigenvalue weighted by molar-refractivity contribution is 7.99. The van der Waals surface area contributed by atoms with E-state index in [0.29, 0.717) is 6.54 Å². The van der Waals surface area contributed by atoms with E-state index < -0.39 is 0 Å². The van der Waals surface area contributed by atoms with Gasteiger partial charge in [0.1, 0.15) is 0 Å². The third-order valence-electron chi connectivity index (χ3n) is 4.67. The number of carbonyl (C=O) groups is 1. The highest BCUT2D eigenvalue weighted by Crippen LogP contribution is 2.38. The lowest BCUT2D eigenvalue weighted by Gasteiger charge is -2.37. The van der Waals surface area contributed by atoms with E-state index in [2.05, 4.69) is 34.9 Å². The van der Waals surface area contributed by atoms with Crippen molar-refractivity contribution in [1.29, 1.82) is 0 Å². The van der Waals surface area contributed by atoms with Crippen LogP contribution in [0.4, 0.5) is 4.79 Å². The first-order valence-electron chi connectivity index (χ1n) is 8.56. The normalized spacial score (nSPS) is 27.0. The topological polar surface area (TPSA) is 50.4 Å². The molecule has 4 nitrogen and oxygen atoms in total. The molecule has 2 fully saturated rings. The smallest absolute Gasteiger partial charge is 0.315 e. The van der Waals surface area contributed by atoms with Crippen molar-refractivity contribution in [2.45, 2.75) is 43.7 Å². The Bertz CT molecular complexity index is 503. The van der Waals surface area contributed by atoms with Gasteiger partial charge in [-0.15, -0.1) is 0 Å². The van der Waals surface area contributed by atoms with Crippen molar-refractivity contribution >= 4 is 17.8 Å². The molecular formula is C18H26N2O2S. The molecule has 0 bridgehead atoms. The standard InChI is InChI=1S/C18H26N2O2S/c21-17(19-10-4-7-15-5-2-1-3-6-15)20-16-8-11-22-18(13-16)9-12-23-14-18/h1-3,5-6,16H,4,7-14H2,(H2,19,20,21)/t16-,18-/m0/s1. The van der Waals surface area contributed by atoms with Gasteiger partial charge in [0.15, 0.2) is 0 Å². The fourth-order valence-electron chi connectivity index (χ4n) is 3.39. The number of urea groups is 1. The maximum absolute atomic E-state index is 12.1. The van der Waals surface area contributed by atoms with Gasteiger partial charge in [0.05, 0.1) is 5.60 Å². The molecule has 126 valence electrons. The summed E-state index contributed by atoms with van der Waals surface area (Å²) in [5.74, 6) is 2.25. The molecule has 3 rings (SSSR count). The molecule has 0 unspecified atom stereocenters. The zero-order chi connectivity index (χ0) is 16.0. The van der Waals surface area contributed by atoms with Crippen molar-refractivity contribution in [2.24, 2.45) is 0 Å². The summed E-state index contributed by atoms with van der Waals surface area (Å²) in [6.07, 6.45) is 4.96. The van der Waals surface area contributed by atoms with Crippen molar-refractivity contribution < 1.29 is 9.53 Å². The monoisotopic (exact) mass is 334 g/mol. The highest BCUT2D eigenvalue weighted by atomic mass is 32.2. The number of carbonyl (C=O) groups excluding carboxylic acids is 1. The van der Waals surface area contributed by atoms with Crippen LogP contribution in [0.1, 0.15) is 31.2 Å². The second-order valence-corrected chi connectivity index (χ2v) is 7.62. The largest absolute Gasteiger partial charge is 0.374 e. The van der Waals surface area contributed by atoms with Crippen LogP contribution in [0.2, 0.25) is 0 Å². The van der Waals surface area contributed by atoms with Crippen LogP contribution in [0.25, 0.3) is 0 Å². The number of thioether (sulfide) groups is 1. The molecule has 2 atom stereocenters.